The number of rotatable bonds is 5. The molecule has 1 amide bonds. The zero-order valence-electron chi connectivity index (χ0n) is 15.3. The topological polar surface area (TPSA) is 87.3 Å². The molecular weight excluding hydrogens is 344 g/mol. The number of aromatic nitrogens is 2. The molecule has 138 valence electrons. The standard InChI is InChI=1S/C20H20N4O3/c1-24(2)15-8-6-14(7-9-15)21-19(25)18-12-17(22-20(26)23-18)13-4-10-16(27-3)11-5-13/h4-12H,1-3H3,(H,21,25)(H,22,23,26). The van der Waals surface area contributed by atoms with Crippen LogP contribution in [0.25, 0.3) is 11.3 Å². The fourth-order valence-corrected chi connectivity index (χ4v) is 2.53. The van der Waals surface area contributed by atoms with Gasteiger partial charge in [0.25, 0.3) is 5.91 Å². The van der Waals surface area contributed by atoms with E-state index >= 15 is 0 Å². The molecule has 0 spiro atoms. The van der Waals surface area contributed by atoms with E-state index in [0.717, 1.165) is 5.69 Å². The Balaban J connectivity index is 1.84. The molecule has 0 aliphatic heterocycles. The van der Waals surface area contributed by atoms with Crippen LogP contribution in [0.3, 0.4) is 0 Å². The average Bonchev–Trinajstić information content (AvgIpc) is 2.68. The Morgan fingerprint density at radius 1 is 1.07 bits per heavy atom. The summed E-state index contributed by atoms with van der Waals surface area (Å²) in [6.07, 6.45) is 0. The molecule has 0 fully saturated rings. The molecule has 0 saturated carbocycles. The van der Waals surface area contributed by atoms with Crippen molar-refractivity contribution in [3.05, 3.63) is 70.8 Å². The van der Waals surface area contributed by atoms with Gasteiger partial charge < -0.3 is 19.9 Å². The highest BCUT2D eigenvalue weighted by molar-refractivity contribution is 6.03. The lowest BCUT2D eigenvalue weighted by Gasteiger charge is -2.13. The van der Waals surface area contributed by atoms with Gasteiger partial charge >= 0.3 is 5.69 Å². The van der Waals surface area contributed by atoms with Gasteiger partial charge in [-0.3, -0.25) is 4.79 Å². The molecule has 1 aromatic heterocycles. The molecule has 0 atom stereocenters. The Kier molecular flexibility index (Phi) is 5.21. The van der Waals surface area contributed by atoms with Crippen LogP contribution in [0.4, 0.5) is 11.4 Å². The lowest BCUT2D eigenvalue weighted by Crippen LogP contribution is -2.21. The van der Waals surface area contributed by atoms with Crippen LogP contribution in [-0.4, -0.2) is 37.1 Å². The van der Waals surface area contributed by atoms with Gasteiger partial charge in [-0.05, 0) is 54.6 Å². The second kappa shape index (κ2) is 7.74. The van der Waals surface area contributed by atoms with E-state index in [2.05, 4.69) is 15.3 Å². The Morgan fingerprint density at radius 3 is 2.33 bits per heavy atom. The number of hydrogen-bond acceptors (Lipinski definition) is 5. The van der Waals surface area contributed by atoms with Crippen molar-refractivity contribution in [1.29, 1.82) is 0 Å². The Morgan fingerprint density at radius 2 is 1.74 bits per heavy atom. The molecule has 27 heavy (non-hydrogen) atoms. The number of benzene rings is 2. The van der Waals surface area contributed by atoms with Crippen LogP contribution in [0.1, 0.15) is 10.5 Å². The maximum atomic E-state index is 12.5. The summed E-state index contributed by atoms with van der Waals surface area (Å²) in [6.45, 7) is 0. The van der Waals surface area contributed by atoms with Crippen molar-refractivity contribution in [3.63, 3.8) is 0 Å². The first-order valence-electron chi connectivity index (χ1n) is 8.31. The predicted octanol–water partition coefficient (Wildman–Crippen LogP) is 2.76. The lowest BCUT2D eigenvalue weighted by molar-refractivity contribution is 0.102. The third kappa shape index (κ3) is 4.33. The van der Waals surface area contributed by atoms with Gasteiger partial charge in [-0.25, -0.2) is 4.79 Å². The summed E-state index contributed by atoms with van der Waals surface area (Å²) in [7, 11) is 5.46. The number of H-pyrrole nitrogens is 1. The molecule has 0 radical (unpaired) electrons. The molecule has 2 aromatic carbocycles. The summed E-state index contributed by atoms with van der Waals surface area (Å²) < 4.78 is 5.12. The molecule has 7 nitrogen and oxygen atoms in total. The second-order valence-electron chi connectivity index (χ2n) is 6.11. The average molecular weight is 364 g/mol. The molecule has 3 aromatic rings. The van der Waals surface area contributed by atoms with Gasteiger partial charge in [0.2, 0.25) is 0 Å². The van der Waals surface area contributed by atoms with Crippen LogP contribution in [-0.2, 0) is 0 Å². The SMILES string of the molecule is COc1ccc(-c2cc(C(=O)Nc3ccc(N(C)C)cc3)[nH]c(=O)n2)cc1. The minimum atomic E-state index is -0.587. The maximum absolute atomic E-state index is 12.5. The summed E-state index contributed by atoms with van der Waals surface area (Å²) in [4.78, 5) is 32.8. The number of nitrogens with zero attached hydrogens (tertiary/aromatic N) is 2. The molecule has 0 saturated heterocycles. The number of methoxy groups -OCH3 is 1. The van der Waals surface area contributed by atoms with Crippen molar-refractivity contribution in [1.82, 2.24) is 9.97 Å². The van der Waals surface area contributed by atoms with E-state index in [4.69, 9.17) is 4.74 Å². The number of carbonyl (C=O) groups excluding carboxylic acids is 1. The van der Waals surface area contributed by atoms with Crippen molar-refractivity contribution in [2.45, 2.75) is 0 Å². The highest BCUT2D eigenvalue weighted by Gasteiger charge is 2.11. The van der Waals surface area contributed by atoms with Gasteiger partial charge in [0, 0.05) is 31.0 Å². The Bertz CT molecular complexity index is 993. The quantitative estimate of drug-likeness (QED) is 0.727. The number of hydrogen-bond donors (Lipinski definition) is 2. The van der Waals surface area contributed by atoms with Gasteiger partial charge in [-0.1, -0.05) is 0 Å². The van der Waals surface area contributed by atoms with Crippen LogP contribution >= 0.6 is 0 Å². The summed E-state index contributed by atoms with van der Waals surface area (Å²) in [5.41, 5.74) is 2.33. The molecule has 0 bridgehead atoms. The largest absolute Gasteiger partial charge is 0.497 e. The fourth-order valence-electron chi connectivity index (χ4n) is 2.53. The predicted molar refractivity (Wildman–Crippen MR) is 106 cm³/mol. The first-order valence-corrected chi connectivity index (χ1v) is 8.31. The van der Waals surface area contributed by atoms with Gasteiger partial charge in [0.15, 0.2) is 0 Å². The number of carbonyl (C=O) groups is 1. The number of amides is 1. The Labute approximate surface area is 156 Å². The van der Waals surface area contributed by atoms with Gasteiger partial charge in [0.05, 0.1) is 12.8 Å². The smallest absolute Gasteiger partial charge is 0.346 e. The number of aromatic amines is 1. The first-order chi connectivity index (χ1) is 13.0. The minimum absolute atomic E-state index is 0.137. The first kappa shape index (κ1) is 18.2. The fraction of sp³-hybridized carbons (Fsp3) is 0.150. The van der Waals surface area contributed by atoms with Crippen molar-refractivity contribution < 1.29 is 9.53 Å². The highest BCUT2D eigenvalue weighted by Crippen LogP contribution is 2.21. The molecule has 7 heteroatoms. The highest BCUT2D eigenvalue weighted by atomic mass is 16.5. The van der Waals surface area contributed by atoms with Crippen molar-refractivity contribution in [2.75, 3.05) is 31.4 Å². The van der Waals surface area contributed by atoms with E-state index < -0.39 is 11.6 Å². The van der Waals surface area contributed by atoms with Crippen molar-refractivity contribution in [2.24, 2.45) is 0 Å². The van der Waals surface area contributed by atoms with Crippen molar-refractivity contribution >= 4 is 17.3 Å². The van der Waals surface area contributed by atoms with Crippen molar-refractivity contribution in [3.8, 4) is 17.0 Å². The lowest BCUT2D eigenvalue weighted by atomic mass is 10.1. The summed E-state index contributed by atoms with van der Waals surface area (Å²) in [5.74, 6) is 0.282. The molecule has 1 heterocycles. The zero-order chi connectivity index (χ0) is 19.4. The van der Waals surface area contributed by atoms with E-state index in [1.807, 2.05) is 31.1 Å². The summed E-state index contributed by atoms with van der Waals surface area (Å²) >= 11 is 0. The molecule has 0 aliphatic carbocycles. The van der Waals surface area contributed by atoms with Crippen LogP contribution in [0.15, 0.2) is 59.4 Å². The second-order valence-corrected chi connectivity index (χ2v) is 6.11. The normalized spacial score (nSPS) is 10.3. The van der Waals surface area contributed by atoms with E-state index in [1.54, 1.807) is 49.6 Å². The molecule has 3 rings (SSSR count). The van der Waals surface area contributed by atoms with Crippen LogP contribution in [0.5, 0.6) is 5.75 Å². The van der Waals surface area contributed by atoms with Crippen LogP contribution < -0.4 is 20.6 Å². The molecule has 2 N–H and O–H groups in total. The number of nitrogens with one attached hydrogen (secondary N) is 2. The van der Waals surface area contributed by atoms with Gasteiger partial charge in [0.1, 0.15) is 11.4 Å². The number of ether oxygens (including phenoxy) is 1. The van der Waals surface area contributed by atoms with Gasteiger partial charge in [-0.15, -0.1) is 0 Å². The monoisotopic (exact) mass is 364 g/mol. The third-order valence-electron chi connectivity index (χ3n) is 4.02. The van der Waals surface area contributed by atoms with Gasteiger partial charge in [-0.2, -0.15) is 4.98 Å². The molecular formula is C20H20N4O3. The third-order valence-corrected chi connectivity index (χ3v) is 4.02. The van der Waals surface area contributed by atoms with E-state index in [0.29, 0.717) is 22.7 Å². The number of anilines is 2. The molecule has 0 unspecified atom stereocenters. The van der Waals surface area contributed by atoms with E-state index in [9.17, 15) is 9.59 Å². The minimum Gasteiger partial charge on any atom is -0.497 e. The summed E-state index contributed by atoms with van der Waals surface area (Å²) in [5, 5.41) is 2.77. The Hall–Kier alpha value is -3.61. The van der Waals surface area contributed by atoms with E-state index in [-0.39, 0.29) is 5.69 Å². The molecule has 0 aliphatic rings. The summed E-state index contributed by atoms with van der Waals surface area (Å²) in [6, 6.07) is 16.0. The van der Waals surface area contributed by atoms with E-state index in [1.165, 1.54) is 0 Å². The van der Waals surface area contributed by atoms with Crippen LogP contribution in [0.2, 0.25) is 0 Å². The van der Waals surface area contributed by atoms with Crippen LogP contribution in [0, 0.1) is 0 Å². The maximum Gasteiger partial charge on any atom is 0.346 e. The zero-order valence-corrected chi connectivity index (χ0v) is 15.3.